The molecule has 0 saturated heterocycles. The first-order valence-electron chi connectivity index (χ1n) is 5.13. The lowest BCUT2D eigenvalue weighted by atomic mass is 10.1. The van der Waals surface area contributed by atoms with Gasteiger partial charge in [-0.1, -0.05) is 0 Å². The number of aromatic nitrogens is 1. The van der Waals surface area contributed by atoms with Gasteiger partial charge >= 0.3 is 6.18 Å². The van der Waals surface area contributed by atoms with E-state index >= 15 is 0 Å². The molecular weight excluding hydrogens is 267 g/mol. The van der Waals surface area contributed by atoms with Crippen LogP contribution in [0, 0.1) is 6.92 Å². The molecule has 18 heavy (non-hydrogen) atoms. The Labute approximate surface area is 107 Å². The molecule has 0 aliphatic carbocycles. The Bertz CT molecular complexity index is 448. The van der Waals surface area contributed by atoms with Crippen LogP contribution < -0.4 is 10.9 Å². The van der Waals surface area contributed by atoms with Gasteiger partial charge in [-0.3, -0.25) is 10.2 Å². The van der Waals surface area contributed by atoms with Crippen LogP contribution in [0.2, 0.25) is 0 Å². The summed E-state index contributed by atoms with van der Waals surface area (Å²) in [4.78, 5) is 14.6. The van der Waals surface area contributed by atoms with Crippen LogP contribution in [-0.4, -0.2) is 16.4 Å². The Kier molecular flexibility index (Phi) is 4.02. The van der Waals surface area contributed by atoms with Crippen molar-refractivity contribution in [1.82, 2.24) is 15.8 Å². The zero-order chi connectivity index (χ0) is 14.1. The van der Waals surface area contributed by atoms with Crippen molar-refractivity contribution in [2.45, 2.75) is 39.4 Å². The zero-order valence-electron chi connectivity index (χ0n) is 10.4. The number of nitrogens with zero attached hydrogens (tertiary/aromatic N) is 1. The Balaban J connectivity index is 2.93. The predicted molar refractivity (Wildman–Crippen MR) is 62.2 cm³/mol. The summed E-state index contributed by atoms with van der Waals surface area (Å²) in [6.45, 7) is 6.75. The molecule has 0 bridgehead atoms. The van der Waals surface area contributed by atoms with Crippen LogP contribution in [0.15, 0.2) is 0 Å². The molecule has 1 rings (SSSR count). The third kappa shape index (κ3) is 3.95. The lowest BCUT2D eigenvalue weighted by Gasteiger charge is -2.20. The average Bonchev–Trinajstić information content (AvgIpc) is 2.55. The van der Waals surface area contributed by atoms with Crippen molar-refractivity contribution < 1.29 is 18.0 Å². The summed E-state index contributed by atoms with van der Waals surface area (Å²) in [5, 5.41) is 0.197. The molecule has 0 aliphatic heterocycles. The van der Waals surface area contributed by atoms with Crippen molar-refractivity contribution in [1.29, 1.82) is 0 Å². The summed E-state index contributed by atoms with van der Waals surface area (Å²) in [6.07, 6.45) is -4.63. The van der Waals surface area contributed by atoms with Gasteiger partial charge in [-0.25, -0.2) is 10.4 Å². The van der Waals surface area contributed by atoms with Gasteiger partial charge in [-0.05, 0) is 27.7 Å². The van der Waals surface area contributed by atoms with Gasteiger partial charge < -0.3 is 0 Å². The number of halogens is 3. The van der Waals surface area contributed by atoms with E-state index in [0.29, 0.717) is 11.3 Å². The van der Waals surface area contributed by atoms with Gasteiger partial charge in [0.1, 0.15) is 4.88 Å². The smallest absolute Gasteiger partial charge is 0.286 e. The number of hydrogen-bond acceptors (Lipinski definition) is 4. The van der Waals surface area contributed by atoms with Gasteiger partial charge in [0.2, 0.25) is 0 Å². The topological polar surface area (TPSA) is 54.0 Å². The Morgan fingerprint density at radius 1 is 1.28 bits per heavy atom. The van der Waals surface area contributed by atoms with Crippen LogP contribution in [0.4, 0.5) is 13.2 Å². The number of hydrogen-bond donors (Lipinski definition) is 2. The lowest BCUT2D eigenvalue weighted by molar-refractivity contribution is -0.141. The number of carbonyl (C=O) groups is 1. The number of amides is 1. The molecule has 0 aliphatic rings. The zero-order valence-corrected chi connectivity index (χ0v) is 11.2. The minimum Gasteiger partial charge on any atom is -0.286 e. The van der Waals surface area contributed by atoms with Crippen LogP contribution in [0.25, 0.3) is 0 Å². The number of carbonyl (C=O) groups excluding carboxylic acids is 1. The molecule has 1 aromatic heterocycles. The molecule has 102 valence electrons. The van der Waals surface area contributed by atoms with E-state index in [1.807, 2.05) is 0 Å². The van der Waals surface area contributed by atoms with E-state index in [9.17, 15) is 18.0 Å². The number of hydrazine groups is 1. The number of aryl methyl sites for hydroxylation is 1. The molecular formula is C10H14F3N3OS. The summed E-state index contributed by atoms with van der Waals surface area (Å²) in [5.41, 5.74) is 3.29. The first-order valence-corrected chi connectivity index (χ1v) is 5.94. The maximum Gasteiger partial charge on any atom is 0.435 e. The fraction of sp³-hybridized carbons (Fsp3) is 0.600. The largest absolute Gasteiger partial charge is 0.435 e. The number of rotatable bonds is 2. The predicted octanol–water partition coefficient (Wildman–Crippen LogP) is 2.50. The molecule has 0 atom stereocenters. The second-order valence-electron chi connectivity index (χ2n) is 4.74. The first-order chi connectivity index (χ1) is 8.00. The summed E-state index contributed by atoms with van der Waals surface area (Å²) >= 11 is 0.717. The first kappa shape index (κ1) is 14.9. The van der Waals surface area contributed by atoms with Crippen LogP contribution in [0.1, 0.15) is 41.1 Å². The van der Waals surface area contributed by atoms with E-state index in [1.54, 1.807) is 20.8 Å². The van der Waals surface area contributed by atoms with E-state index in [0.717, 1.165) is 0 Å². The van der Waals surface area contributed by atoms with Crippen molar-refractivity contribution >= 4 is 17.2 Å². The molecule has 1 amide bonds. The van der Waals surface area contributed by atoms with Crippen LogP contribution in [0.3, 0.4) is 0 Å². The standard InChI is InChI=1S/C10H14F3N3OS/c1-5-14-7(10(11,12)13)6(18-5)8(17)15-16-9(2,3)4/h16H,1-4H3,(H,15,17). The van der Waals surface area contributed by atoms with Crippen LogP contribution in [0.5, 0.6) is 0 Å². The molecule has 2 N–H and O–H groups in total. The Hall–Kier alpha value is -1.15. The fourth-order valence-corrected chi connectivity index (χ4v) is 1.91. The van der Waals surface area contributed by atoms with Crippen molar-refractivity contribution in [3.05, 3.63) is 15.6 Å². The molecule has 1 aromatic rings. The van der Waals surface area contributed by atoms with Gasteiger partial charge in [-0.2, -0.15) is 13.2 Å². The highest BCUT2D eigenvalue weighted by Crippen LogP contribution is 2.33. The van der Waals surface area contributed by atoms with Crippen LogP contribution >= 0.6 is 11.3 Å². The van der Waals surface area contributed by atoms with E-state index in [-0.39, 0.29) is 5.01 Å². The van der Waals surface area contributed by atoms with Gasteiger partial charge in [0.15, 0.2) is 5.69 Å². The molecule has 0 saturated carbocycles. The number of nitrogens with one attached hydrogen (secondary N) is 2. The second kappa shape index (κ2) is 4.85. The highest BCUT2D eigenvalue weighted by atomic mass is 32.1. The van der Waals surface area contributed by atoms with E-state index in [4.69, 9.17) is 0 Å². The molecule has 0 aromatic carbocycles. The number of alkyl halides is 3. The second-order valence-corrected chi connectivity index (χ2v) is 5.94. The monoisotopic (exact) mass is 281 g/mol. The van der Waals surface area contributed by atoms with Crippen molar-refractivity contribution in [3.63, 3.8) is 0 Å². The summed E-state index contributed by atoms with van der Waals surface area (Å²) in [7, 11) is 0. The fourth-order valence-electron chi connectivity index (χ4n) is 1.07. The highest BCUT2D eigenvalue weighted by Gasteiger charge is 2.39. The SMILES string of the molecule is Cc1nc(C(F)(F)F)c(C(=O)NNC(C)(C)C)s1. The maximum atomic E-state index is 12.6. The third-order valence-electron chi connectivity index (χ3n) is 1.76. The molecule has 0 spiro atoms. The molecule has 0 radical (unpaired) electrons. The number of thiazole rings is 1. The molecule has 8 heteroatoms. The van der Waals surface area contributed by atoms with Gasteiger partial charge in [0.25, 0.3) is 5.91 Å². The average molecular weight is 281 g/mol. The van der Waals surface area contributed by atoms with Crippen LogP contribution in [-0.2, 0) is 6.18 Å². The Morgan fingerprint density at radius 3 is 2.28 bits per heavy atom. The van der Waals surface area contributed by atoms with E-state index in [1.165, 1.54) is 6.92 Å². The molecule has 4 nitrogen and oxygen atoms in total. The Morgan fingerprint density at radius 2 is 1.83 bits per heavy atom. The normalized spacial score (nSPS) is 12.6. The van der Waals surface area contributed by atoms with Crippen molar-refractivity contribution in [3.8, 4) is 0 Å². The van der Waals surface area contributed by atoms with Gasteiger partial charge in [0, 0.05) is 5.54 Å². The highest BCUT2D eigenvalue weighted by molar-refractivity contribution is 7.13. The quantitative estimate of drug-likeness (QED) is 0.819. The molecule has 0 unspecified atom stereocenters. The van der Waals surface area contributed by atoms with E-state index < -0.39 is 28.2 Å². The minimum atomic E-state index is -4.63. The minimum absolute atomic E-state index is 0.197. The third-order valence-corrected chi connectivity index (χ3v) is 2.73. The summed E-state index contributed by atoms with van der Waals surface area (Å²) in [6, 6.07) is 0. The van der Waals surface area contributed by atoms with E-state index in [2.05, 4.69) is 15.8 Å². The van der Waals surface area contributed by atoms with Gasteiger partial charge in [0.05, 0.1) is 5.01 Å². The lowest BCUT2D eigenvalue weighted by Crippen LogP contribution is -2.48. The summed E-state index contributed by atoms with van der Waals surface area (Å²) in [5.74, 6) is -0.831. The molecule has 0 fully saturated rings. The van der Waals surface area contributed by atoms with Gasteiger partial charge in [-0.15, -0.1) is 11.3 Å². The molecule has 1 heterocycles. The maximum absolute atomic E-state index is 12.6. The summed E-state index contributed by atoms with van der Waals surface area (Å²) < 4.78 is 37.9. The van der Waals surface area contributed by atoms with Crippen molar-refractivity contribution in [2.75, 3.05) is 0 Å². The van der Waals surface area contributed by atoms with Crippen molar-refractivity contribution in [2.24, 2.45) is 0 Å².